The predicted molar refractivity (Wildman–Crippen MR) is 171 cm³/mol. The normalized spacial score (nSPS) is 13.6. The van der Waals surface area contributed by atoms with Crippen molar-refractivity contribution in [3.8, 4) is 11.5 Å². The van der Waals surface area contributed by atoms with Crippen LogP contribution in [0.15, 0.2) is 54.9 Å². The number of nitroso groups, excluding NO2 is 1. The van der Waals surface area contributed by atoms with Gasteiger partial charge in [-0.15, -0.1) is 18.1 Å². The van der Waals surface area contributed by atoms with Crippen LogP contribution >= 0.6 is 0 Å². The minimum atomic E-state index is -0.194. The minimum absolute atomic E-state index is 0.173. The molecule has 1 heterocycles. The number of amides is 1. The summed E-state index contributed by atoms with van der Waals surface area (Å²) in [5, 5.41) is 17.7. The van der Waals surface area contributed by atoms with Crippen molar-refractivity contribution >= 4 is 5.91 Å². The number of ether oxygens (including phenoxy) is 1. The molecular formula is C32H52N6O4. The summed E-state index contributed by atoms with van der Waals surface area (Å²) in [5.41, 5.74) is 9.07. The molecule has 1 amide bonds. The average molecular weight is 585 g/mol. The molecule has 2 unspecified atom stereocenters. The molecule has 0 radical (unpaired) electrons. The van der Waals surface area contributed by atoms with Gasteiger partial charge in [-0.05, 0) is 99.5 Å². The standard InChI is InChI=1S/C22H38N6O3.C8H10O.C2H4/c1-4-17-9-11-24-19(6-5-10-23)22(17)31-13-12-25-21(18-7-8-18)16(2)28(3)14-20(29)26-15-27-30;1-2-7-3-5-8(9)6-4-7;1-2/h9,11,16,18,21,25H,4-8,10,12-15,23H2,1-3H3,(H,26,29);3-6,9H,2H2,1H3;1-2H2. The lowest BCUT2D eigenvalue weighted by Crippen LogP contribution is -2.51. The zero-order valence-electron chi connectivity index (χ0n) is 26.0. The molecule has 234 valence electrons. The van der Waals surface area contributed by atoms with Crippen molar-refractivity contribution < 1.29 is 14.6 Å². The second-order valence-corrected chi connectivity index (χ2v) is 10.2. The second kappa shape index (κ2) is 21.4. The summed E-state index contributed by atoms with van der Waals surface area (Å²) in [7, 11) is 1.93. The maximum absolute atomic E-state index is 11.9. The minimum Gasteiger partial charge on any atom is -0.508 e. The van der Waals surface area contributed by atoms with Crippen LogP contribution in [-0.4, -0.2) is 72.9 Å². The average Bonchev–Trinajstić information content (AvgIpc) is 3.86. The van der Waals surface area contributed by atoms with Crippen molar-refractivity contribution in [2.45, 2.75) is 71.4 Å². The number of rotatable bonds is 17. The lowest BCUT2D eigenvalue weighted by molar-refractivity contribution is -0.122. The maximum atomic E-state index is 11.9. The number of pyridine rings is 1. The first-order valence-electron chi connectivity index (χ1n) is 14.9. The first-order chi connectivity index (χ1) is 20.3. The van der Waals surface area contributed by atoms with Crippen LogP contribution < -0.4 is 21.1 Å². The van der Waals surface area contributed by atoms with E-state index in [9.17, 15) is 9.70 Å². The van der Waals surface area contributed by atoms with E-state index in [2.05, 4.69) is 54.7 Å². The lowest BCUT2D eigenvalue weighted by atomic mass is 10.0. The first kappa shape index (κ1) is 36.7. The Morgan fingerprint density at radius 2 is 1.90 bits per heavy atom. The van der Waals surface area contributed by atoms with Gasteiger partial charge < -0.3 is 26.2 Å². The topological polar surface area (TPSA) is 142 Å². The van der Waals surface area contributed by atoms with Gasteiger partial charge in [-0.3, -0.25) is 14.7 Å². The number of phenolic OH excluding ortho intramolecular Hbond substituents is 1. The van der Waals surface area contributed by atoms with Gasteiger partial charge in [0.05, 0.1) is 12.2 Å². The third kappa shape index (κ3) is 13.5. The number of nitrogens with one attached hydrogen (secondary N) is 2. The van der Waals surface area contributed by atoms with E-state index in [1.807, 2.05) is 36.3 Å². The van der Waals surface area contributed by atoms with Crippen LogP contribution in [0.5, 0.6) is 11.5 Å². The largest absolute Gasteiger partial charge is 0.508 e. The fourth-order valence-corrected chi connectivity index (χ4v) is 4.56. The number of likely N-dealkylation sites (N-methyl/N-ethyl adjacent to an activating group) is 1. The summed E-state index contributed by atoms with van der Waals surface area (Å²) in [6, 6.07) is 9.74. The number of hydrogen-bond donors (Lipinski definition) is 4. The van der Waals surface area contributed by atoms with E-state index in [4.69, 9.17) is 15.6 Å². The van der Waals surface area contributed by atoms with Crippen LogP contribution in [0.4, 0.5) is 0 Å². The van der Waals surface area contributed by atoms with Gasteiger partial charge >= 0.3 is 0 Å². The molecule has 1 aromatic carbocycles. The van der Waals surface area contributed by atoms with Crippen molar-refractivity contribution in [1.29, 1.82) is 0 Å². The number of aromatic hydroxyl groups is 1. The highest BCUT2D eigenvalue weighted by molar-refractivity contribution is 5.77. The highest BCUT2D eigenvalue weighted by atomic mass is 16.5. The van der Waals surface area contributed by atoms with Crippen molar-refractivity contribution in [3.05, 3.63) is 71.4 Å². The molecule has 0 bridgehead atoms. The third-order valence-electron chi connectivity index (χ3n) is 7.21. The van der Waals surface area contributed by atoms with Crippen molar-refractivity contribution in [3.63, 3.8) is 0 Å². The molecule has 2 aromatic rings. The predicted octanol–water partition coefficient (Wildman–Crippen LogP) is 4.20. The molecule has 0 aliphatic heterocycles. The van der Waals surface area contributed by atoms with Crippen molar-refractivity contribution in [1.82, 2.24) is 20.5 Å². The molecule has 1 aromatic heterocycles. The van der Waals surface area contributed by atoms with E-state index >= 15 is 0 Å². The van der Waals surface area contributed by atoms with Crippen LogP contribution in [-0.2, 0) is 24.1 Å². The highest BCUT2D eigenvalue weighted by Gasteiger charge is 2.36. The fourth-order valence-electron chi connectivity index (χ4n) is 4.56. The molecule has 2 atom stereocenters. The Kier molecular flexibility index (Phi) is 18.7. The number of nitrogens with two attached hydrogens (primary N) is 1. The lowest BCUT2D eigenvalue weighted by Gasteiger charge is -2.32. The SMILES string of the molecule is C=C.CCc1ccc(O)cc1.CCc1ccnc(CCCN)c1OCCNC(C1CC1)C(C)N(C)CC(=O)NCN=O. The maximum Gasteiger partial charge on any atom is 0.235 e. The van der Waals surface area contributed by atoms with Gasteiger partial charge in [0.2, 0.25) is 5.91 Å². The number of aromatic nitrogens is 1. The Labute approximate surface area is 252 Å². The summed E-state index contributed by atoms with van der Waals surface area (Å²) in [4.78, 5) is 28.6. The van der Waals surface area contributed by atoms with E-state index in [1.54, 1.807) is 12.1 Å². The molecule has 3 rings (SSSR count). The van der Waals surface area contributed by atoms with E-state index in [-0.39, 0.29) is 31.2 Å². The molecule has 1 aliphatic rings. The Morgan fingerprint density at radius 3 is 2.48 bits per heavy atom. The summed E-state index contributed by atoms with van der Waals surface area (Å²) in [5.74, 6) is 1.66. The quantitative estimate of drug-likeness (QED) is 0.123. The number of benzene rings is 1. The molecule has 10 heteroatoms. The third-order valence-corrected chi connectivity index (χ3v) is 7.21. The van der Waals surface area contributed by atoms with Gasteiger partial charge in [-0.25, -0.2) is 0 Å². The number of carbonyl (C=O) groups is 1. The Bertz CT molecular complexity index is 1030. The summed E-state index contributed by atoms with van der Waals surface area (Å²) < 4.78 is 6.17. The molecule has 5 N–H and O–H groups in total. The van der Waals surface area contributed by atoms with Crippen LogP contribution in [0.1, 0.15) is 56.9 Å². The molecule has 1 fully saturated rings. The van der Waals surface area contributed by atoms with Gasteiger partial charge in [0.15, 0.2) is 6.67 Å². The van der Waals surface area contributed by atoms with Crippen LogP contribution in [0, 0.1) is 10.8 Å². The Balaban J connectivity index is 0.000000673. The fraction of sp³-hybridized carbons (Fsp3) is 0.562. The molecule has 1 saturated carbocycles. The smallest absolute Gasteiger partial charge is 0.235 e. The summed E-state index contributed by atoms with van der Waals surface area (Å²) >= 11 is 0. The Morgan fingerprint density at radius 1 is 1.21 bits per heavy atom. The van der Waals surface area contributed by atoms with Gasteiger partial charge in [-0.1, -0.05) is 26.0 Å². The van der Waals surface area contributed by atoms with E-state index in [0.29, 0.717) is 24.8 Å². The van der Waals surface area contributed by atoms with Gasteiger partial charge in [0.1, 0.15) is 18.1 Å². The molecule has 1 aliphatic carbocycles. The molecular weight excluding hydrogens is 532 g/mol. The van der Waals surface area contributed by atoms with E-state index in [0.717, 1.165) is 43.7 Å². The van der Waals surface area contributed by atoms with Crippen LogP contribution in [0.25, 0.3) is 0 Å². The van der Waals surface area contributed by atoms with Gasteiger partial charge in [0.25, 0.3) is 0 Å². The summed E-state index contributed by atoms with van der Waals surface area (Å²) in [6.45, 7) is 14.3. The summed E-state index contributed by atoms with van der Waals surface area (Å²) in [6.07, 6.45) is 7.88. The van der Waals surface area contributed by atoms with Crippen LogP contribution in [0.3, 0.4) is 0 Å². The number of carbonyl (C=O) groups excluding carboxylic acids is 1. The Hall–Kier alpha value is -3.34. The number of hydrogen-bond acceptors (Lipinski definition) is 9. The van der Waals surface area contributed by atoms with Gasteiger partial charge in [0, 0.05) is 24.8 Å². The van der Waals surface area contributed by atoms with Gasteiger partial charge in [-0.2, -0.15) is 0 Å². The molecule has 0 saturated heterocycles. The van der Waals surface area contributed by atoms with Crippen molar-refractivity contribution in [2.24, 2.45) is 16.8 Å². The number of phenols is 1. The zero-order valence-corrected chi connectivity index (χ0v) is 26.0. The number of nitrogens with zero attached hydrogens (tertiary/aromatic N) is 3. The van der Waals surface area contributed by atoms with Crippen LogP contribution in [0.2, 0.25) is 0 Å². The highest BCUT2D eigenvalue weighted by Crippen LogP contribution is 2.35. The zero-order chi connectivity index (χ0) is 31.3. The van der Waals surface area contributed by atoms with E-state index < -0.39 is 0 Å². The molecule has 42 heavy (non-hydrogen) atoms. The van der Waals surface area contributed by atoms with E-state index in [1.165, 1.54) is 24.0 Å². The second-order valence-electron chi connectivity index (χ2n) is 10.2. The first-order valence-corrected chi connectivity index (χ1v) is 14.9. The number of aryl methyl sites for hydroxylation is 3. The monoisotopic (exact) mass is 584 g/mol. The molecule has 0 spiro atoms. The van der Waals surface area contributed by atoms with Crippen molar-refractivity contribution in [2.75, 3.05) is 40.0 Å². The molecule has 10 nitrogen and oxygen atoms in total.